The number of carbonyl (C=O) groups is 1. The predicted octanol–water partition coefficient (Wildman–Crippen LogP) is 3.08. The van der Waals surface area contributed by atoms with Gasteiger partial charge in [0.15, 0.2) is 0 Å². The molecule has 1 aliphatic rings. The van der Waals surface area contributed by atoms with E-state index in [9.17, 15) is 9.90 Å². The molecule has 0 aliphatic heterocycles. The van der Waals surface area contributed by atoms with Crippen LogP contribution in [0.2, 0.25) is 0 Å². The second-order valence-corrected chi connectivity index (χ2v) is 7.07. The second kappa shape index (κ2) is 8.44. The largest absolute Gasteiger partial charge is 0.388 e. The monoisotopic (exact) mass is 322 g/mol. The number of benzene rings is 1. The van der Waals surface area contributed by atoms with Gasteiger partial charge in [-0.2, -0.15) is 11.8 Å². The molecule has 122 valence electrons. The summed E-state index contributed by atoms with van der Waals surface area (Å²) in [6, 6.07) is 9.61. The molecule has 22 heavy (non-hydrogen) atoms. The minimum absolute atomic E-state index is 0.0793. The molecule has 1 saturated carbocycles. The van der Waals surface area contributed by atoms with Crippen molar-refractivity contribution in [1.82, 2.24) is 10.6 Å². The second-order valence-electron chi connectivity index (χ2n) is 5.99. The van der Waals surface area contributed by atoms with Crippen molar-refractivity contribution in [2.24, 2.45) is 0 Å². The zero-order valence-corrected chi connectivity index (χ0v) is 14.1. The van der Waals surface area contributed by atoms with E-state index in [1.807, 2.05) is 49.0 Å². The molecule has 0 saturated heterocycles. The van der Waals surface area contributed by atoms with Gasteiger partial charge in [0.05, 0.1) is 6.10 Å². The average Bonchev–Trinajstić information content (AvgIpc) is 2.94. The lowest BCUT2D eigenvalue weighted by Gasteiger charge is -2.22. The van der Waals surface area contributed by atoms with Crippen LogP contribution in [0.3, 0.4) is 0 Å². The van der Waals surface area contributed by atoms with Gasteiger partial charge in [0.1, 0.15) is 0 Å². The van der Waals surface area contributed by atoms with Crippen LogP contribution in [0.25, 0.3) is 0 Å². The van der Waals surface area contributed by atoms with Crippen molar-refractivity contribution < 1.29 is 9.90 Å². The van der Waals surface area contributed by atoms with E-state index in [4.69, 9.17) is 0 Å². The summed E-state index contributed by atoms with van der Waals surface area (Å²) in [6.07, 6.45) is 5.46. The van der Waals surface area contributed by atoms with Crippen molar-refractivity contribution in [3.8, 4) is 0 Å². The lowest BCUT2D eigenvalue weighted by atomic mass is 10.0. The summed E-state index contributed by atoms with van der Waals surface area (Å²) in [5.41, 5.74) is 0.884. The number of rotatable bonds is 6. The first-order valence-corrected chi connectivity index (χ1v) is 9.21. The van der Waals surface area contributed by atoms with Gasteiger partial charge < -0.3 is 15.7 Å². The number of carbonyl (C=O) groups excluding carboxylic acids is 1. The maximum absolute atomic E-state index is 12.1. The highest BCUT2D eigenvalue weighted by Gasteiger charge is 2.28. The third-order valence-electron chi connectivity index (χ3n) is 4.21. The Morgan fingerprint density at radius 2 is 2.09 bits per heavy atom. The number of nitrogens with one attached hydrogen (secondary N) is 2. The number of aliphatic hydroxyl groups is 1. The van der Waals surface area contributed by atoms with Crippen LogP contribution in [0.4, 0.5) is 4.79 Å². The maximum Gasteiger partial charge on any atom is 0.315 e. The van der Waals surface area contributed by atoms with Crippen LogP contribution >= 0.6 is 11.8 Å². The summed E-state index contributed by atoms with van der Waals surface area (Å²) in [5, 5.41) is 16.7. The molecule has 0 unspecified atom stereocenters. The van der Waals surface area contributed by atoms with Crippen molar-refractivity contribution in [3.63, 3.8) is 0 Å². The van der Waals surface area contributed by atoms with Crippen molar-refractivity contribution in [1.29, 1.82) is 0 Å². The number of hydrogen-bond acceptors (Lipinski definition) is 3. The summed E-state index contributed by atoms with van der Waals surface area (Å²) < 4.78 is 0. The predicted molar refractivity (Wildman–Crippen MR) is 92.1 cm³/mol. The third-order valence-corrected chi connectivity index (χ3v) is 5.38. The van der Waals surface area contributed by atoms with Crippen LogP contribution in [0.15, 0.2) is 30.3 Å². The molecule has 0 radical (unpaired) electrons. The van der Waals surface area contributed by atoms with Crippen LogP contribution in [0, 0.1) is 0 Å². The summed E-state index contributed by atoms with van der Waals surface area (Å²) in [6.45, 7) is 1.92. The van der Waals surface area contributed by atoms with Gasteiger partial charge in [-0.1, -0.05) is 36.8 Å². The van der Waals surface area contributed by atoms with E-state index in [-0.39, 0.29) is 18.1 Å². The van der Waals surface area contributed by atoms with Gasteiger partial charge in [-0.15, -0.1) is 0 Å². The van der Waals surface area contributed by atoms with Gasteiger partial charge >= 0.3 is 6.03 Å². The van der Waals surface area contributed by atoms with E-state index < -0.39 is 6.10 Å². The normalized spacial score (nSPS) is 23.8. The fourth-order valence-electron chi connectivity index (χ4n) is 3.01. The molecule has 0 heterocycles. The number of amides is 2. The Morgan fingerprint density at radius 1 is 1.36 bits per heavy atom. The number of thioether (sulfide) groups is 1. The SMILES string of the molecule is CS[C@@H]1CCC[C@@H]1NC(=O)N[C@@H](C)C[C@@H](O)c1ccccc1. The molecule has 4 nitrogen and oxygen atoms in total. The first-order valence-electron chi connectivity index (χ1n) is 7.93. The van der Waals surface area contributed by atoms with Gasteiger partial charge in [-0.05, 0) is 38.0 Å². The van der Waals surface area contributed by atoms with Gasteiger partial charge in [0.2, 0.25) is 0 Å². The van der Waals surface area contributed by atoms with Crippen LogP contribution < -0.4 is 10.6 Å². The van der Waals surface area contributed by atoms with E-state index >= 15 is 0 Å². The van der Waals surface area contributed by atoms with Crippen LogP contribution in [0.5, 0.6) is 0 Å². The van der Waals surface area contributed by atoms with Gasteiger partial charge in [-0.3, -0.25) is 0 Å². The molecule has 3 N–H and O–H groups in total. The van der Waals surface area contributed by atoms with E-state index in [1.54, 1.807) is 0 Å². The Balaban J connectivity index is 1.76. The molecule has 1 aromatic rings. The molecule has 0 spiro atoms. The fraction of sp³-hybridized carbons (Fsp3) is 0.588. The summed E-state index contributed by atoms with van der Waals surface area (Å²) in [5.74, 6) is 0. The molecule has 2 rings (SSSR count). The maximum atomic E-state index is 12.1. The summed E-state index contributed by atoms with van der Waals surface area (Å²) >= 11 is 1.83. The molecule has 5 heteroatoms. The van der Waals surface area contributed by atoms with Crippen LogP contribution in [-0.4, -0.2) is 34.7 Å². The lowest BCUT2D eigenvalue weighted by molar-refractivity contribution is 0.154. The first kappa shape index (κ1) is 17.2. The zero-order valence-electron chi connectivity index (χ0n) is 13.3. The summed E-state index contributed by atoms with van der Waals surface area (Å²) in [7, 11) is 0. The van der Waals surface area contributed by atoms with E-state index in [0.29, 0.717) is 11.7 Å². The van der Waals surface area contributed by atoms with Crippen molar-refractivity contribution in [3.05, 3.63) is 35.9 Å². The molecule has 4 atom stereocenters. The fourth-order valence-corrected chi connectivity index (χ4v) is 3.95. The molecule has 1 aromatic carbocycles. The van der Waals surface area contributed by atoms with E-state index in [0.717, 1.165) is 12.0 Å². The molecule has 1 fully saturated rings. The van der Waals surface area contributed by atoms with Gasteiger partial charge in [0.25, 0.3) is 0 Å². The topological polar surface area (TPSA) is 61.4 Å². The highest BCUT2D eigenvalue weighted by molar-refractivity contribution is 7.99. The zero-order chi connectivity index (χ0) is 15.9. The Morgan fingerprint density at radius 3 is 2.77 bits per heavy atom. The third kappa shape index (κ3) is 4.92. The van der Waals surface area contributed by atoms with E-state index in [2.05, 4.69) is 16.9 Å². The first-order chi connectivity index (χ1) is 10.6. The quantitative estimate of drug-likeness (QED) is 0.754. The molecule has 0 bridgehead atoms. The number of urea groups is 1. The lowest BCUT2D eigenvalue weighted by Crippen LogP contribution is -2.47. The molecular weight excluding hydrogens is 296 g/mol. The van der Waals surface area contributed by atoms with Crippen molar-refractivity contribution in [2.75, 3.05) is 6.26 Å². The number of aliphatic hydroxyl groups excluding tert-OH is 1. The Hall–Kier alpha value is -1.20. The Labute approximate surface area is 137 Å². The molecule has 2 amide bonds. The molecule has 0 aromatic heterocycles. The minimum Gasteiger partial charge on any atom is -0.388 e. The van der Waals surface area contributed by atoms with E-state index in [1.165, 1.54) is 12.8 Å². The Bertz CT molecular complexity index is 469. The number of hydrogen-bond donors (Lipinski definition) is 3. The smallest absolute Gasteiger partial charge is 0.315 e. The molecule has 1 aliphatic carbocycles. The van der Waals surface area contributed by atoms with Gasteiger partial charge in [0, 0.05) is 17.3 Å². The standard InChI is InChI=1S/C17H26N2O2S/c1-12(11-15(20)13-7-4-3-5-8-13)18-17(21)19-14-9-6-10-16(14)22-2/h3-5,7-8,12,14-16,20H,6,9-11H2,1-2H3,(H2,18,19,21)/t12-,14-,15+,16+/m0/s1. The minimum atomic E-state index is -0.554. The highest BCUT2D eigenvalue weighted by Crippen LogP contribution is 2.28. The highest BCUT2D eigenvalue weighted by atomic mass is 32.2. The van der Waals surface area contributed by atoms with Gasteiger partial charge in [-0.25, -0.2) is 4.79 Å². The van der Waals surface area contributed by atoms with Crippen molar-refractivity contribution >= 4 is 17.8 Å². The average molecular weight is 322 g/mol. The summed E-state index contributed by atoms with van der Waals surface area (Å²) in [4.78, 5) is 12.1. The van der Waals surface area contributed by atoms with Crippen molar-refractivity contribution in [2.45, 2.75) is 56.0 Å². The Kier molecular flexibility index (Phi) is 6.58. The van der Waals surface area contributed by atoms with Crippen LogP contribution in [0.1, 0.15) is 44.3 Å². The van der Waals surface area contributed by atoms with Crippen LogP contribution in [-0.2, 0) is 0 Å². The molecular formula is C17H26N2O2S.